The molecule has 1 aromatic rings. The molecule has 1 aliphatic heterocycles. The third kappa shape index (κ3) is 4.00. The predicted molar refractivity (Wildman–Crippen MR) is 82.4 cm³/mol. The van der Waals surface area contributed by atoms with Crippen LogP contribution in [0.2, 0.25) is 0 Å². The number of carbonyl (C=O) groups is 2. The molecule has 1 heterocycles. The smallest absolute Gasteiger partial charge is 0.225 e. The summed E-state index contributed by atoms with van der Waals surface area (Å²) in [6.07, 6.45) is 3.15. The minimum Gasteiger partial charge on any atom is -0.489 e. The molecule has 2 amide bonds. The van der Waals surface area contributed by atoms with Gasteiger partial charge in [0.2, 0.25) is 11.8 Å². The molecule has 1 saturated heterocycles. The third-order valence-electron chi connectivity index (χ3n) is 4.30. The number of nitrogens with zero attached hydrogens (tertiary/aromatic N) is 1. The van der Waals surface area contributed by atoms with Crippen molar-refractivity contribution in [3.63, 3.8) is 0 Å². The molecule has 2 fully saturated rings. The van der Waals surface area contributed by atoms with E-state index in [9.17, 15) is 14.0 Å². The minimum atomic E-state index is -0.412. The van der Waals surface area contributed by atoms with E-state index in [1.807, 2.05) is 4.90 Å². The molecule has 0 spiro atoms. The molecule has 3 rings (SSSR count). The zero-order chi connectivity index (χ0) is 16.2. The van der Waals surface area contributed by atoms with Crippen LogP contribution in [0.3, 0.4) is 0 Å². The van der Waals surface area contributed by atoms with Gasteiger partial charge in [0.15, 0.2) is 11.6 Å². The molecule has 1 aromatic carbocycles. The van der Waals surface area contributed by atoms with Crippen LogP contribution in [0, 0.1) is 11.7 Å². The molecule has 1 aliphatic carbocycles. The van der Waals surface area contributed by atoms with Crippen LogP contribution in [-0.4, -0.2) is 42.5 Å². The van der Waals surface area contributed by atoms with Crippen molar-refractivity contribution in [2.75, 3.05) is 19.7 Å². The highest BCUT2D eigenvalue weighted by molar-refractivity contribution is 5.84. The molecular weight excluding hydrogens is 299 g/mol. The van der Waals surface area contributed by atoms with Crippen LogP contribution >= 0.6 is 0 Å². The van der Waals surface area contributed by atoms with Crippen LogP contribution in [-0.2, 0) is 9.59 Å². The second kappa shape index (κ2) is 6.98. The Kier molecular flexibility index (Phi) is 4.79. The van der Waals surface area contributed by atoms with Gasteiger partial charge in [0.05, 0.1) is 12.5 Å². The molecule has 23 heavy (non-hydrogen) atoms. The molecule has 0 unspecified atom stereocenters. The summed E-state index contributed by atoms with van der Waals surface area (Å²) in [5.41, 5.74) is 0. The Bertz CT molecular complexity index is 589. The first-order valence-corrected chi connectivity index (χ1v) is 8.09. The Balaban J connectivity index is 1.41. The number of amides is 2. The Hall–Kier alpha value is -2.11. The average molecular weight is 320 g/mol. The summed E-state index contributed by atoms with van der Waals surface area (Å²) in [4.78, 5) is 25.9. The first-order valence-electron chi connectivity index (χ1n) is 8.09. The quantitative estimate of drug-likeness (QED) is 0.812. The van der Waals surface area contributed by atoms with Crippen LogP contribution in [0.1, 0.15) is 25.7 Å². The lowest BCUT2D eigenvalue weighted by Gasteiger charge is -2.32. The fourth-order valence-electron chi connectivity index (χ4n) is 2.87. The zero-order valence-corrected chi connectivity index (χ0v) is 13.0. The van der Waals surface area contributed by atoms with Crippen molar-refractivity contribution in [2.45, 2.75) is 31.7 Å². The number of nitrogens with one attached hydrogen (secondary N) is 1. The predicted octanol–water partition coefficient (Wildman–Crippen LogP) is 1.72. The lowest BCUT2D eigenvalue weighted by molar-refractivity contribution is -0.138. The molecule has 6 heteroatoms. The first kappa shape index (κ1) is 15.8. The highest BCUT2D eigenvalue weighted by Gasteiger charge is 2.38. The van der Waals surface area contributed by atoms with Crippen molar-refractivity contribution >= 4 is 11.8 Å². The summed E-state index contributed by atoms with van der Waals surface area (Å²) in [6.45, 7) is 1.05. The van der Waals surface area contributed by atoms with Crippen LogP contribution < -0.4 is 10.1 Å². The molecule has 1 atom stereocenters. The Morgan fingerprint density at radius 3 is 2.83 bits per heavy atom. The van der Waals surface area contributed by atoms with Gasteiger partial charge in [-0.25, -0.2) is 4.39 Å². The summed E-state index contributed by atoms with van der Waals surface area (Å²) in [5, 5.41) is 2.81. The monoisotopic (exact) mass is 320 g/mol. The summed E-state index contributed by atoms with van der Waals surface area (Å²) >= 11 is 0. The first-order chi connectivity index (χ1) is 11.1. The van der Waals surface area contributed by atoms with Gasteiger partial charge in [-0.3, -0.25) is 9.59 Å². The fraction of sp³-hybridized carbons (Fsp3) is 0.529. The van der Waals surface area contributed by atoms with E-state index in [1.54, 1.807) is 18.2 Å². The van der Waals surface area contributed by atoms with Crippen LogP contribution in [0.25, 0.3) is 0 Å². The normalized spacial score (nSPS) is 21.2. The van der Waals surface area contributed by atoms with Crippen molar-refractivity contribution in [3.8, 4) is 5.75 Å². The lowest BCUT2D eigenvalue weighted by atomic mass is 9.96. The van der Waals surface area contributed by atoms with Crippen molar-refractivity contribution < 1.29 is 18.7 Å². The zero-order valence-electron chi connectivity index (χ0n) is 13.0. The SMILES string of the molecule is O=C(NCCOc1ccccc1F)[C@H]1CCC(=O)N(C2CC2)C1. The second-order valence-electron chi connectivity index (χ2n) is 6.08. The van der Waals surface area contributed by atoms with Gasteiger partial charge < -0.3 is 15.0 Å². The molecule has 0 bridgehead atoms. The van der Waals surface area contributed by atoms with Gasteiger partial charge >= 0.3 is 0 Å². The number of para-hydroxylation sites is 1. The molecule has 5 nitrogen and oxygen atoms in total. The minimum absolute atomic E-state index is 0.0553. The van der Waals surface area contributed by atoms with E-state index < -0.39 is 5.82 Å². The number of halogens is 1. The van der Waals surface area contributed by atoms with E-state index in [0.717, 1.165) is 12.8 Å². The standard InChI is InChI=1S/C17H21FN2O3/c18-14-3-1-2-4-15(14)23-10-9-19-17(22)12-5-8-16(21)20(11-12)13-6-7-13/h1-4,12-13H,5-11H2,(H,19,22)/t12-/m0/s1. The second-order valence-corrected chi connectivity index (χ2v) is 6.08. The fourth-order valence-corrected chi connectivity index (χ4v) is 2.87. The largest absolute Gasteiger partial charge is 0.489 e. The van der Waals surface area contributed by atoms with E-state index in [2.05, 4.69) is 5.32 Å². The van der Waals surface area contributed by atoms with Gasteiger partial charge in [-0.2, -0.15) is 0 Å². The van der Waals surface area contributed by atoms with Crippen LogP contribution in [0.15, 0.2) is 24.3 Å². The summed E-state index contributed by atoms with van der Waals surface area (Å²) in [6, 6.07) is 6.53. The van der Waals surface area contributed by atoms with E-state index in [-0.39, 0.29) is 30.1 Å². The van der Waals surface area contributed by atoms with Crippen molar-refractivity contribution in [1.29, 1.82) is 0 Å². The summed E-state index contributed by atoms with van der Waals surface area (Å²) in [5.74, 6) is -0.268. The van der Waals surface area contributed by atoms with Crippen molar-refractivity contribution in [3.05, 3.63) is 30.1 Å². The number of piperidine rings is 1. The number of rotatable bonds is 6. The number of hydrogen-bond donors (Lipinski definition) is 1. The molecular formula is C17H21FN2O3. The van der Waals surface area contributed by atoms with Gasteiger partial charge in [0.25, 0.3) is 0 Å². The van der Waals surface area contributed by atoms with Gasteiger partial charge in [-0.1, -0.05) is 12.1 Å². The van der Waals surface area contributed by atoms with Gasteiger partial charge in [0, 0.05) is 19.0 Å². The summed E-state index contributed by atoms with van der Waals surface area (Å²) < 4.78 is 18.7. The summed E-state index contributed by atoms with van der Waals surface area (Å²) in [7, 11) is 0. The Labute approximate surface area is 134 Å². The number of ether oxygens (including phenoxy) is 1. The van der Waals surface area contributed by atoms with E-state index in [4.69, 9.17) is 4.74 Å². The Morgan fingerprint density at radius 1 is 1.30 bits per heavy atom. The molecule has 124 valence electrons. The number of benzene rings is 1. The maximum Gasteiger partial charge on any atom is 0.225 e. The highest BCUT2D eigenvalue weighted by Crippen LogP contribution is 2.31. The van der Waals surface area contributed by atoms with Crippen molar-refractivity contribution in [1.82, 2.24) is 10.2 Å². The molecule has 0 aromatic heterocycles. The highest BCUT2D eigenvalue weighted by atomic mass is 19.1. The maximum absolute atomic E-state index is 13.4. The average Bonchev–Trinajstić information content (AvgIpc) is 3.38. The van der Waals surface area contributed by atoms with E-state index >= 15 is 0 Å². The van der Waals surface area contributed by atoms with Crippen molar-refractivity contribution in [2.24, 2.45) is 5.92 Å². The van der Waals surface area contributed by atoms with E-state index in [1.165, 1.54) is 6.07 Å². The van der Waals surface area contributed by atoms with Gasteiger partial charge in [-0.15, -0.1) is 0 Å². The molecule has 1 saturated carbocycles. The number of likely N-dealkylation sites (tertiary alicyclic amines) is 1. The van der Waals surface area contributed by atoms with Crippen LogP contribution in [0.5, 0.6) is 5.75 Å². The van der Waals surface area contributed by atoms with Crippen LogP contribution in [0.4, 0.5) is 4.39 Å². The Morgan fingerprint density at radius 2 is 2.09 bits per heavy atom. The lowest BCUT2D eigenvalue weighted by Crippen LogP contribution is -2.47. The number of carbonyl (C=O) groups excluding carboxylic acids is 2. The third-order valence-corrected chi connectivity index (χ3v) is 4.30. The molecule has 1 N–H and O–H groups in total. The van der Waals surface area contributed by atoms with Gasteiger partial charge in [-0.05, 0) is 31.4 Å². The van der Waals surface area contributed by atoms with E-state index in [0.29, 0.717) is 32.0 Å². The van der Waals surface area contributed by atoms with Gasteiger partial charge in [0.1, 0.15) is 6.61 Å². The number of hydrogen-bond acceptors (Lipinski definition) is 3. The molecule has 0 radical (unpaired) electrons. The molecule has 2 aliphatic rings. The topological polar surface area (TPSA) is 58.6 Å². The maximum atomic E-state index is 13.4.